The molecule has 116 valence electrons. The van der Waals surface area contributed by atoms with Crippen LogP contribution in [0.25, 0.3) is 5.69 Å². The van der Waals surface area contributed by atoms with Gasteiger partial charge in [-0.05, 0) is 35.0 Å². The van der Waals surface area contributed by atoms with Gasteiger partial charge in [-0.1, -0.05) is 12.1 Å². The fourth-order valence-corrected chi connectivity index (χ4v) is 1.34. The van der Waals surface area contributed by atoms with Crippen LogP contribution in [0.1, 0.15) is 12.5 Å². The Morgan fingerprint density at radius 2 is 2.09 bits per heavy atom. The molecule has 1 aromatic carbocycles. The van der Waals surface area contributed by atoms with Crippen LogP contribution in [0.5, 0.6) is 0 Å². The molecule has 1 heterocycles. The minimum Gasteiger partial charge on any atom is -0.369 e. The molecule has 5 N–H and O–H groups in total. The molecule has 0 spiro atoms. The van der Waals surface area contributed by atoms with E-state index in [9.17, 15) is 0 Å². The molecule has 22 heavy (non-hydrogen) atoms. The summed E-state index contributed by atoms with van der Waals surface area (Å²) in [6.45, 7) is 1.81. The van der Waals surface area contributed by atoms with Crippen LogP contribution in [0, 0.1) is 10.1 Å². The van der Waals surface area contributed by atoms with Gasteiger partial charge >= 0.3 is 0 Å². The summed E-state index contributed by atoms with van der Waals surface area (Å²) in [6.07, 6.45) is 1.52. The highest BCUT2D eigenvalue weighted by Crippen LogP contribution is 2.09. The second-order valence-electron chi connectivity index (χ2n) is 3.75. The van der Waals surface area contributed by atoms with Crippen molar-refractivity contribution in [2.45, 2.75) is 6.92 Å². The highest BCUT2D eigenvalue weighted by atomic mass is 16.9. The monoisotopic (exact) mass is 307 g/mol. The molecule has 0 aliphatic rings. The van der Waals surface area contributed by atoms with Crippen molar-refractivity contribution in [2.75, 3.05) is 0 Å². The summed E-state index contributed by atoms with van der Waals surface area (Å²) < 4.78 is 1.55. The lowest BCUT2D eigenvalue weighted by Crippen LogP contribution is -2.22. The SMILES string of the molecule is C/C(=N/N=C(N)N)c1cccc(-n2cnnn2)c1.O=[N+]([O-])O. The highest BCUT2D eigenvalue weighted by molar-refractivity contribution is 5.99. The first-order chi connectivity index (χ1) is 10.4. The van der Waals surface area contributed by atoms with Gasteiger partial charge in [0, 0.05) is 0 Å². The molecule has 0 amide bonds. The zero-order valence-corrected chi connectivity index (χ0v) is 11.4. The van der Waals surface area contributed by atoms with Gasteiger partial charge < -0.3 is 16.7 Å². The van der Waals surface area contributed by atoms with E-state index in [0.29, 0.717) is 5.71 Å². The Hall–Kier alpha value is -3.57. The van der Waals surface area contributed by atoms with Crippen LogP contribution >= 0.6 is 0 Å². The summed E-state index contributed by atoms with van der Waals surface area (Å²) in [6, 6.07) is 7.54. The Bertz CT molecular complexity index is 673. The van der Waals surface area contributed by atoms with Gasteiger partial charge in [-0.15, -0.1) is 20.3 Å². The third-order valence-corrected chi connectivity index (χ3v) is 2.19. The van der Waals surface area contributed by atoms with Crippen molar-refractivity contribution in [1.82, 2.24) is 20.2 Å². The van der Waals surface area contributed by atoms with E-state index in [0.717, 1.165) is 11.3 Å². The van der Waals surface area contributed by atoms with Gasteiger partial charge in [0.25, 0.3) is 5.09 Å². The summed E-state index contributed by atoms with van der Waals surface area (Å²) in [4.78, 5) is 8.36. The molecular formula is C10H13N9O3. The summed E-state index contributed by atoms with van der Waals surface area (Å²) in [7, 11) is 0. The summed E-state index contributed by atoms with van der Waals surface area (Å²) >= 11 is 0. The van der Waals surface area contributed by atoms with Crippen molar-refractivity contribution in [3.8, 4) is 5.69 Å². The van der Waals surface area contributed by atoms with E-state index >= 15 is 0 Å². The van der Waals surface area contributed by atoms with E-state index < -0.39 is 5.09 Å². The number of aromatic nitrogens is 4. The largest absolute Gasteiger partial charge is 0.369 e. The molecule has 0 unspecified atom stereocenters. The van der Waals surface area contributed by atoms with Crippen LogP contribution in [0.3, 0.4) is 0 Å². The number of nitrogens with two attached hydrogens (primary N) is 2. The number of rotatable bonds is 3. The van der Waals surface area contributed by atoms with Gasteiger partial charge in [0.15, 0.2) is 0 Å². The van der Waals surface area contributed by atoms with Gasteiger partial charge in [-0.25, -0.2) is 4.68 Å². The Morgan fingerprint density at radius 1 is 1.41 bits per heavy atom. The first-order valence-corrected chi connectivity index (χ1v) is 5.70. The van der Waals surface area contributed by atoms with E-state index in [1.54, 1.807) is 4.68 Å². The number of guanidine groups is 1. The maximum absolute atomic E-state index is 8.36. The zero-order valence-electron chi connectivity index (χ0n) is 11.4. The third-order valence-electron chi connectivity index (χ3n) is 2.19. The van der Waals surface area contributed by atoms with Crippen LogP contribution in [-0.2, 0) is 0 Å². The predicted molar refractivity (Wildman–Crippen MR) is 76.0 cm³/mol. The van der Waals surface area contributed by atoms with Crippen molar-refractivity contribution < 1.29 is 10.3 Å². The molecule has 0 saturated carbocycles. The smallest absolute Gasteiger partial charge is 0.291 e. The fraction of sp³-hybridized carbons (Fsp3) is 0.100. The average Bonchev–Trinajstić information content (AvgIpc) is 2.98. The Morgan fingerprint density at radius 3 is 2.64 bits per heavy atom. The molecular weight excluding hydrogens is 294 g/mol. The van der Waals surface area contributed by atoms with E-state index in [1.165, 1.54) is 6.33 Å². The van der Waals surface area contributed by atoms with Crippen LogP contribution in [0.4, 0.5) is 0 Å². The summed E-state index contributed by atoms with van der Waals surface area (Å²) in [5.41, 5.74) is 12.8. The average molecular weight is 307 g/mol. The molecule has 0 aliphatic carbocycles. The first-order valence-electron chi connectivity index (χ1n) is 5.70. The quantitative estimate of drug-likeness (QED) is 0.288. The fourth-order valence-electron chi connectivity index (χ4n) is 1.34. The molecule has 1 aromatic heterocycles. The Labute approximate surface area is 123 Å². The van der Waals surface area contributed by atoms with Crippen molar-refractivity contribution in [3.05, 3.63) is 46.3 Å². The van der Waals surface area contributed by atoms with Crippen molar-refractivity contribution in [3.63, 3.8) is 0 Å². The van der Waals surface area contributed by atoms with Crippen LogP contribution in [0.2, 0.25) is 0 Å². The minimum absolute atomic E-state index is 0.0778. The van der Waals surface area contributed by atoms with Crippen molar-refractivity contribution >= 4 is 11.7 Å². The van der Waals surface area contributed by atoms with Crippen LogP contribution in [0.15, 0.2) is 40.8 Å². The maximum atomic E-state index is 8.36. The number of benzene rings is 1. The second-order valence-corrected chi connectivity index (χ2v) is 3.75. The molecule has 2 rings (SSSR count). The molecule has 0 bridgehead atoms. The molecule has 0 fully saturated rings. The number of nitrogens with zero attached hydrogens (tertiary/aromatic N) is 7. The lowest BCUT2D eigenvalue weighted by atomic mass is 10.1. The highest BCUT2D eigenvalue weighted by Gasteiger charge is 2.02. The molecule has 2 aromatic rings. The normalized spacial score (nSPS) is 10.3. The lowest BCUT2D eigenvalue weighted by Gasteiger charge is -2.03. The molecule has 0 atom stereocenters. The lowest BCUT2D eigenvalue weighted by molar-refractivity contribution is -0.742. The van der Waals surface area contributed by atoms with Gasteiger partial charge in [-0.3, -0.25) is 0 Å². The number of tetrazole rings is 1. The van der Waals surface area contributed by atoms with E-state index in [4.69, 9.17) is 26.8 Å². The molecule has 12 nitrogen and oxygen atoms in total. The van der Waals surface area contributed by atoms with Crippen LogP contribution in [-0.4, -0.2) is 42.2 Å². The van der Waals surface area contributed by atoms with Crippen molar-refractivity contribution in [1.29, 1.82) is 0 Å². The summed E-state index contributed by atoms with van der Waals surface area (Å²) in [5.74, 6) is -0.0778. The minimum atomic E-state index is -1.50. The molecule has 0 radical (unpaired) electrons. The molecule has 0 aliphatic heterocycles. The summed E-state index contributed by atoms with van der Waals surface area (Å²) in [5, 5.41) is 32.1. The Balaban J connectivity index is 0.000000541. The van der Waals surface area contributed by atoms with E-state index in [1.807, 2.05) is 31.2 Å². The van der Waals surface area contributed by atoms with E-state index in [2.05, 4.69) is 25.7 Å². The number of hydrogen-bond donors (Lipinski definition) is 3. The van der Waals surface area contributed by atoms with Crippen LogP contribution < -0.4 is 11.5 Å². The van der Waals surface area contributed by atoms with Crippen molar-refractivity contribution in [2.24, 2.45) is 21.7 Å². The van der Waals surface area contributed by atoms with Gasteiger partial charge in [-0.2, -0.15) is 5.10 Å². The molecule has 12 heteroatoms. The topological polar surface area (TPSA) is 184 Å². The number of hydrogen-bond acceptors (Lipinski definition) is 7. The standard InChI is InChI=1S/C10H12N8.HNO3/c1-7(14-15-10(11)12)8-3-2-4-9(5-8)18-6-13-16-17-18;2-1(3)4/h2-6H,1H3,(H4,11,12,15);(H,2,3,4)/b14-7-;. The Kier molecular flexibility index (Phi) is 5.91. The maximum Gasteiger partial charge on any atom is 0.291 e. The van der Waals surface area contributed by atoms with E-state index in [-0.39, 0.29) is 5.96 Å². The predicted octanol–water partition coefficient (Wildman–Crippen LogP) is -0.688. The zero-order chi connectivity index (χ0) is 16.5. The third kappa shape index (κ3) is 5.60. The first kappa shape index (κ1) is 16.5. The second kappa shape index (κ2) is 7.88. The van der Waals surface area contributed by atoms with Gasteiger partial charge in [0.2, 0.25) is 5.96 Å². The van der Waals surface area contributed by atoms with Gasteiger partial charge in [0.05, 0.1) is 11.4 Å². The molecule has 0 saturated heterocycles. The van der Waals surface area contributed by atoms with Gasteiger partial charge in [0.1, 0.15) is 6.33 Å².